The third-order valence-corrected chi connectivity index (χ3v) is 12.3. The largest absolute Gasteiger partial charge is 0.458 e. The molecule has 0 aliphatic carbocycles. The average Bonchev–Trinajstić information content (AvgIpc) is 3.80. The van der Waals surface area contributed by atoms with Gasteiger partial charge in [-0.1, -0.05) is 164 Å². The molecule has 0 spiro atoms. The molecule has 0 fully saturated rings. The van der Waals surface area contributed by atoms with Gasteiger partial charge in [0.2, 0.25) is 12.2 Å². The second-order valence-electron chi connectivity index (χ2n) is 21.7. The van der Waals surface area contributed by atoms with Crippen LogP contribution in [0.15, 0.2) is 128 Å². The fourth-order valence-corrected chi connectivity index (χ4v) is 8.19. The van der Waals surface area contributed by atoms with Gasteiger partial charge in [-0.2, -0.15) is 4.68 Å². The van der Waals surface area contributed by atoms with Gasteiger partial charge >= 0.3 is 0 Å². The van der Waals surface area contributed by atoms with Crippen LogP contribution in [0, 0.1) is 6.33 Å². The summed E-state index contributed by atoms with van der Waals surface area (Å²) in [6.07, 6.45) is 5.62. The topological polar surface area (TPSA) is 48.8 Å². The Labute approximate surface area is 369 Å². The van der Waals surface area contributed by atoms with E-state index in [1.165, 1.54) is 33.2 Å². The number of aromatic nitrogens is 5. The van der Waals surface area contributed by atoms with Crippen molar-refractivity contribution in [2.75, 3.05) is 0 Å². The lowest BCUT2D eigenvalue weighted by atomic mass is 9.80. The van der Waals surface area contributed by atoms with E-state index in [9.17, 15) is 0 Å². The first kappa shape index (κ1) is 42.7. The minimum absolute atomic E-state index is 0.0102. The summed E-state index contributed by atoms with van der Waals surface area (Å²) in [6, 6.07) is 43.3. The molecule has 0 aliphatic rings. The van der Waals surface area contributed by atoms with Crippen molar-refractivity contribution in [3.8, 4) is 28.7 Å². The fourth-order valence-electron chi connectivity index (χ4n) is 8.19. The summed E-state index contributed by atoms with van der Waals surface area (Å²) in [5.74, 6) is 3.22. The molecular weight excluding hydrogens is 759 g/mol. The standard InChI is InChI=1S/C56H63N5O/c1-52(2,3)38-23-26-48-47(32-38)46-25-24-45(35-49(46)61(48)50-33-39(27-28-57-50)53(4,5)6)62-44-22-18-21-42(34-44)60-36-59(51(58-60)56(13,14)37-19-16-15-17-20-37)43-30-40(54(7,8)9)29-41(31-43)55(10,11)12/h15-35H,1-14H3. The van der Waals surface area contributed by atoms with Gasteiger partial charge in [-0.15, -0.1) is 0 Å². The molecule has 0 aliphatic heterocycles. The van der Waals surface area contributed by atoms with E-state index in [2.05, 4.69) is 216 Å². The van der Waals surface area contributed by atoms with Crippen LogP contribution in [0.4, 0.5) is 0 Å². The van der Waals surface area contributed by atoms with Gasteiger partial charge in [0.15, 0.2) is 0 Å². The Morgan fingerprint density at radius 1 is 0.500 bits per heavy atom. The molecule has 318 valence electrons. The Kier molecular flexibility index (Phi) is 10.4. The highest BCUT2D eigenvalue weighted by molar-refractivity contribution is 6.09. The van der Waals surface area contributed by atoms with E-state index in [4.69, 9.17) is 14.8 Å². The maximum Gasteiger partial charge on any atom is 0.212 e. The van der Waals surface area contributed by atoms with Gasteiger partial charge in [-0.25, -0.2) is 4.98 Å². The molecule has 0 atom stereocenters. The zero-order valence-electron chi connectivity index (χ0n) is 39.3. The highest BCUT2D eigenvalue weighted by Crippen LogP contribution is 2.39. The van der Waals surface area contributed by atoms with Crippen molar-refractivity contribution in [2.24, 2.45) is 0 Å². The lowest BCUT2D eigenvalue weighted by molar-refractivity contribution is -0.612. The molecule has 3 heterocycles. The van der Waals surface area contributed by atoms with Crippen molar-refractivity contribution in [1.29, 1.82) is 0 Å². The molecule has 8 rings (SSSR count). The molecule has 62 heavy (non-hydrogen) atoms. The van der Waals surface area contributed by atoms with E-state index in [1.54, 1.807) is 0 Å². The van der Waals surface area contributed by atoms with Gasteiger partial charge in [-0.05, 0) is 103 Å². The molecule has 8 aromatic rings. The highest BCUT2D eigenvalue weighted by atomic mass is 16.5. The minimum Gasteiger partial charge on any atom is -0.458 e. The van der Waals surface area contributed by atoms with E-state index in [-0.39, 0.29) is 21.7 Å². The SMILES string of the molecule is CC(C)(C)c1cc(-[n+]2[c-]n(-c3cccc(Oc4ccc5c6cc(C(C)(C)C)ccc6n(-c6cc(C(C)(C)C)ccn6)c5c4)c3)nc2C(C)(C)c2ccccc2)cc(C(C)(C)C)c1. The van der Waals surface area contributed by atoms with Gasteiger partial charge in [0, 0.05) is 34.1 Å². The van der Waals surface area contributed by atoms with Crippen LogP contribution in [0.25, 0.3) is 39.0 Å². The zero-order valence-corrected chi connectivity index (χ0v) is 39.3. The van der Waals surface area contributed by atoms with Crippen molar-refractivity contribution in [2.45, 2.75) is 124 Å². The summed E-state index contributed by atoms with van der Waals surface area (Å²) in [4.78, 5) is 4.93. The molecule has 0 unspecified atom stereocenters. The van der Waals surface area contributed by atoms with Crippen molar-refractivity contribution >= 4 is 21.8 Å². The second kappa shape index (κ2) is 15.1. The number of ether oxygens (including phenoxy) is 1. The van der Waals surface area contributed by atoms with E-state index in [0.29, 0.717) is 5.75 Å². The fraction of sp³-hybridized carbons (Fsp3) is 0.339. The summed E-state index contributed by atoms with van der Waals surface area (Å²) >= 11 is 0. The molecule has 0 N–H and O–H groups in total. The van der Waals surface area contributed by atoms with E-state index in [0.717, 1.165) is 45.2 Å². The Hall–Kier alpha value is -6.01. The van der Waals surface area contributed by atoms with E-state index < -0.39 is 5.41 Å². The maximum absolute atomic E-state index is 6.76. The van der Waals surface area contributed by atoms with Crippen LogP contribution in [0.1, 0.15) is 131 Å². The number of rotatable bonds is 7. The number of benzene rings is 5. The van der Waals surface area contributed by atoms with Crippen LogP contribution in [-0.4, -0.2) is 19.3 Å². The van der Waals surface area contributed by atoms with Gasteiger partial charge < -0.3 is 9.30 Å². The Morgan fingerprint density at radius 3 is 1.77 bits per heavy atom. The van der Waals surface area contributed by atoms with Gasteiger partial charge in [0.25, 0.3) is 0 Å². The molecular formula is C56H63N5O. The molecule has 3 aromatic heterocycles. The Morgan fingerprint density at radius 2 is 1.13 bits per heavy atom. The van der Waals surface area contributed by atoms with Crippen LogP contribution < -0.4 is 9.30 Å². The van der Waals surface area contributed by atoms with Crippen LogP contribution in [0.3, 0.4) is 0 Å². The van der Waals surface area contributed by atoms with Crippen LogP contribution in [0.2, 0.25) is 0 Å². The lowest BCUT2D eigenvalue weighted by Gasteiger charge is -2.28. The summed E-state index contributed by atoms with van der Waals surface area (Å²) in [5.41, 5.74) is 9.74. The summed E-state index contributed by atoms with van der Waals surface area (Å²) < 4.78 is 13.1. The first-order valence-corrected chi connectivity index (χ1v) is 22.0. The summed E-state index contributed by atoms with van der Waals surface area (Å²) in [6.45, 7) is 31.7. The molecule has 5 aromatic carbocycles. The average molecular weight is 822 g/mol. The number of pyridine rings is 1. The third kappa shape index (κ3) is 8.20. The first-order chi connectivity index (χ1) is 29.0. The summed E-state index contributed by atoms with van der Waals surface area (Å²) in [7, 11) is 0. The quantitative estimate of drug-likeness (QED) is 0.119. The molecule has 0 saturated heterocycles. The molecule has 6 nitrogen and oxygen atoms in total. The molecule has 0 saturated carbocycles. The van der Waals surface area contributed by atoms with Crippen LogP contribution in [-0.2, 0) is 27.1 Å². The van der Waals surface area contributed by atoms with Gasteiger partial charge in [0.1, 0.15) is 17.3 Å². The molecule has 6 heteroatoms. The molecule has 0 amide bonds. The normalized spacial score (nSPS) is 13.0. The van der Waals surface area contributed by atoms with E-state index >= 15 is 0 Å². The Balaban J connectivity index is 1.24. The first-order valence-electron chi connectivity index (χ1n) is 22.0. The molecule has 0 radical (unpaired) electrons. The third-order valence-electron chi connectivity index (χ3n) is 12.3. The number of nitrogens with zero attached hydrogens (tertiary/aromatic N) is 5. The maximum atomic E-state index is 6.76. The van der Waals surface area contributed by atoms with E-state index in [1.807, 2.05) is 29.1 Å². The van der Waals surface area contributed by atoms with Crippen molar-refractivity contribution < 1.29 is 9.30 Å². The number of hydrogen-bond acceptors (Lipinski definition) is 3. The predicted octanol–water partition coefficient (Wildman–Crippen LogP) is 13.7. The lowest BCUT2D eigenvalue weighted by Crippen LogP contribution is -2.41. The Bertz CT molecular complexity index is 2900. The smallest absolute Gasteiger partial charge is 0.212 e. The van der Waals surface area contributed by atoms with Crippen molar-refractivity contribution in [3.63, 3.8) is 0 Å². The van der Waals surface area contributed by atoms with Crippen molar-refractivity contribution in [3.05, 3.63) is 167 Å². The van der Waals surface area contributed by atoms with Crippen LogP contribution >= 0.6 is 0 Å². The minimum atomic E-state index is -0.445. The highest BCUT2D eigenvalue weighted by Gasteiger charge is 2.33. The van der Waals surface area contributed by atoms with Crippen molar-refractivity contribution in [1.82, 2.24) is 19.3 Å². The van der Waals surface area contributed by atoms with Crippen LogP contribution in [0.5, 0.6) is 11.5 Å². The molecule has 0 bridgehead atoms. The second-order valence-corrected chi connectivity index (χ2v) is 21.7. The summed E-state index contributed by atoms with van der Waals surface area (Å²) in [5, 5.41) is 7.71. The van der Waals surface area contributed by atoms with Gasteiger partial charge in [-0.3, -0.25) is 4.57 Å². The monoisotopic (exact) mass is 822 g/mol. The van der Waals surface area contributed by atoms with Gasteiger partial charge in [0.05, 0.1) is 16.7 Å². The number of hydrogen-bond donors (Lipinski definition) is 0. The predicted molar refractivity (Wildman–Crippen MR) is 256 cm³/mol. The number of fused-ring (bicyclic) bond motifs is 3. The zero-order chi connectivity index (χ0) is 44.6.